The highest BCUT2D eigenvalue weighted by atomic mass is 79.9. The summed E-state index contributed by atoms with van der Waals surface area (Å²) in [5, 5.41) is 3.49. The van der Waals surface area contributed by atoms with Gasteiger partial charge in [0.05, 0.1) is 20.3 Å². The molecule has 26 heavy (non-hydrogen) atoms. The summed E-state index contributed by atoms with van der Waals surface area (Å²) in [4.78, 5) is 12.3. The van der Waals surface area contributed by atoms with Crippen molar-refractivity contribution in [2.75, 3.05) is 14.2 Å². The van der Waals surface area contributed by atoms with Gasteiger partial charge in [-0.05, 0) is 47.7 Å². The first-order chi connectivity index (χ1) is 12.4. The molecule has 2 rings (SSSR count). The largest absolute Gasteiger partial charge is 0.497 e. The van der Waals surface area contributed by atoms with E-state index in [1.54, 1.807) is 7.11 Å². The van der Waals surface area contributed by atoms with Crippen LogP contribution in [0, 0.1) is 5.92 Å². The molecule has 0 fully saturated rings. The van der Waals surface area contributed by atoms with E-state index in [4.69, 9.17) is 9.47 Å². The average Bonchev–Trinajstić information content (AvgIpc) is 2.65. The summed E-state index contributed by atoms with van der Waals surface area (Å²) < 4.78 is 11.3. The lowest BCUT2D eigenvalue weighted by Crippen LogP contribution is -2.41. The van der Waals surface area contributed by atoms with Crippen molar-refractivity contribution in [3.63, 3.8) is 0 Å². The molecule has 0 amide bonds. The fraction of sp³-hybridized carbons (Fsp3) is 0.381. The number of ether oxygens (including phenoxy) is 2. The number of rotatable bonds is 8. The highest BCUT2D eigenvalue weighted by molar-refractivity contribution is 9.10. The summed E-state index contributed by atoms with van der Waals surface area (Å²) >= 11 is 3.48. The number of methoxy groups -OCH3 is 2. The van der Waals surface area contributed by atoms with Crippen LogP contribution in [0.15, 0.2) is 53.0 Å². The second-order valence-electron chi connectivity index (χ2n) is 6.63. The molecule has 0 aromatic heterocycles. The van der Waals surface area contributed by atoms with Crippen LogP contribution in [0.1, 0.15) is 37.4 Å². The van der Waals surface area contributed by atoms with Crippen molar-refractivity contribution in [2.24, 2.45) is 5.92 Å². The van der Waals surface area contributed by atoms with E-state index in [-0.39, 0.29) is 18.1 Å². The zero-order chi connectivity index (χ0) is 19.1. The Labute approximate surface area is 164 Å². The van der Waals surface area contributed by atoms with Crippen LogP contribution >= 0.6 is 15.9 Å². The monoisotopic (exact) mass is 419 g/mol. The average molecular weight is 420 g/mol. The number of hydrogen-bond acceptors (Lipinski definition) is 4. The summed E-state index contributed by atoms with van der Waals surface area (Å²) in [7, 11) is 3.08. The first-order valence-corrected chi connectivity index (χ1v) is 9.47. The van der Waals surface area contributed by atoms with Gasteiger partial charge < -0.3 is 9.47 Å². The van der Waals surface area contributed by atoms with Gasteiger partial charge in [-0.25, -0.2) is 0 Å². The molecule has 1 unspecified atom stereocenters. The molecule has 4 nitrogen and oxygen atoms in total. The van der Waals surface area contributed by atoms with Crippen LogP contribution in [0.4, 0.5) is 0 Å². The Kier molecular flexibility index (Phi) is 7.66. The SMILES string of the molecule is COC(=O)[C@@H](CC(C)C)NC(c1ccc(Br)cc1)c1ccc(OC)cc1. The van der Waals surface area contributed by atoms with Gasteiger partial charge in [0.1, 0.15) is 11.8 Å². The number of carbonyl (C=O) groups excluding carboxylic acids is 1. The van der Waals surface area contributed by atoms with Crippen molar-refractivity contribution in [1.82, 2.24) is 5.32 Å². The van der Waals surface area contributed by atoms with E-state index in [0.717, 1.165) is 21.3 Å². The molecule has 0 aliphatic heterocycles. The van der Waals surface area contributed by atoms with E-state index in [9.17, 15) is 4.79 Å². The maximum atomic E-state index is 12.3. The Bertz CT molecular complexity index is 698. The van der Waals surface area contributed by atoms with Gasteiger partial charge in [-0.1, -0.05) is 54.0 Å². The predicted molar refractivity (Wildman–Crippen MR) is 107 cm³/mol. The molecule has 2 atom stereocenters. The van der Waals surface area contributed by atoms with Crippen LogP contribution in [0.3, 0.4) is 0 Å². The molecule has 0 aliphatic rings. The Balaban J connectivity index is 2.37. The van der Waals surface area contributed by atoms with Gasteiger partial charge in [-0.15, -0.1) is 0 Å². The quantitative estimate of drug-likeness (QED) is 0.628. The Morgan fingerprint density at radius 2 is 1.54 bits per heavy atom. The minimum atomic E-state index is -0.379. The standard InChI is InChI=1S/C21H26BrNO3/c1-14(2)13-19(21(24)26-4)23-20(15-5-9-17(22)10-6-15)16-7-11-18(25-3)12-8-16/h5-12,14,19-20,23H,13H2,1-4H3/t19-,20?/m1/s1. The third-order valence-electron chi connectivity index (χ3n) is 4.21. The van der Waals surface area contributed by atoms with E-state index in [0.29, 0.717) is 12.3 Å². The molecule has 1 N–H and O–H groups in total. The minimum absolute atomic E-state index is 0.128. The van der Waals surface area contributed by atoms with Crippen LogP contribution in [0.25, 0.3) is 0 Å². The zero-order valence-electron chi connectivity index (χ0n) is 15.7. The molecule has 2 aromatic carbocycles. The summed E-state index contributed by atoms with van der Waals surface area (Å²) in [5.41, 5.74) is 2.14. The molecule has 5 heteroatoms. The lowest BCUT2D eigenvalue weighted by molar-refractivity contribution is -0.143. The van der Waals surface area contributed by atoms with Crippen LogP contribution < -0.4 is 10.1 Å². The van der Waals surface area contributed by atoms with E-state index in [1.165, 1.54) is 7.11 Å². The topological polar surface area (TPSA) is 47.6 Å². The predicted octanol–water partition coefficient (Wildman–Crippen LogP) is 4.72. The van der Waals surface area contributed by atoms with Crippen LogP contribution in [0.5, 0.6) is 5.75 Å². The highest BCUT2D eigenvalue weighted by Gasteiger charge is 2.25. The van der Waals surface area contributed by atoms with Crippen LogP contribution in [-0.2, 0) is 9.53 Å². The van der Waals surface area contributed by atoms with Crippen molar-refractivity contribution < 1.29 is 14.3 Å². The maximum absolute atomic E-state index is 12.3. The Morgan fingerprint density at radius 1 is 1.00 bits per heavy atom. The highest BCUT2D eigenvalue weighted by Crippen LogP contribution is 2.27. The molecule has 0 aliphatic carbocycles. The van der Waals surface area contributed by atoms with Crippen LogP contribution in [-0.4, -0.2) is 26.2 Å². The summed E-state index contributed by atoms with van der Waals surface area (Å²) in [6, 6.07) is 15.5. The number of nitrogens with one attached hydrogen (secondary N) is 1. The van der Waals surface area contributed by atoms with E-state index in [1.807, 2.05) is 36.4 Å². The molecule has 0 saturated heterocycles. The molecule has 140 valence electrons. The number of carbonyl (C=O) groups is 1. The number of benzene rings is 2. The van der Waals surface area contributed by atoms with E-state index >= 15 is 0 Å². The van der Waals surface area contributed by atoms with Crippen molar-refractivity contribution in [3.8, 4) is 5.75 Å². The smallest absolute Gasteiger partial charge is 0.322 e. The molecule has 0 spiro atoms. The third-order valence-corrected chi connectivity index (χ3v) is 4.74. The van der Waals surface area contributed by atoms with Gasteiger partial charge in [-0.2, -0.15) is 0 Å². The molecule has 0 saturated carbocycles. The fourth-order valence-corrected chi connectivity index (χ4v) is 3.15. The van der Waals surface area contributed by atoms with Gasteiger partial charge in [0.15, 0.2) is 0 Å². The van der Waals surface area contributed by atoms with Crippen LogP contribution in [0.2, 0.25) is 0 Å². The van der Waals surface area contributed by atoms with Crippen molar-refractivity contribution >= 4 is 21.9 Å². The molecule has 0 bridgehead atoms. The lowest BCUT2D eigenvalue weighted by atomic mass is 9.95. The molecular weight excluding hydrogens is 394 g/mol. The molecule has 0 heterocycles. The molecular formula is C21H26BrNO3. The summed E-state index contributed by atoms with van der Waals surface area (Å²) in [5.74, 6) is 0.928. The van der Waals surface area contributed by atoms with Gasteiger partial charge in [0, 0.05) is 4.47 Å². The first kappa shape index (κ1) is 20.5. The van der Waals surface area contributed by atoms with Crippen molar-refractivity contribution in [2.45, 2.75) is 32.4 Å². The Hall–Kier alpha value is -1.85. The molecule has 2 aromatic rings. The summed E-state index contributed by atoms with van der Waals surface area (Å²) in [6.07, 6.45) is 0.704. The van der Waals surface area contributed by atoms with Crippen molar-refractivity contribution in [3.05, 3.63) is 64.1 Å². The van der Waals surface area contributed by atoms with Gasteiger partial charge in [0.2, 0.25) is 0 Å². The molecule has 0 radical (unpaired) electrons. The number of esters is 1. The minimum Gasteiger partial charge on any atom is -0.497 e. The van der Waals surface area contributed by atoms with Gasteiger partial charge >= 0.3 is 5.97 Å². The normalized spacial score (nSPS) is 13.3. The summed E-state index contributed by atoms with van der Waals surface area (Å²) in [6.45, 7) is 4.19. The van der Waals surface area contributed by atoms with E-state index < -0.39 is 0 Å². The fourth-order valence-electron chi connectivity index (χ4n) is 2.88. The maximum Gasteiger partial charge on any atom is 0.322 e. The second kappa shape index (κ2) is 9.74. The van der Waals surface area contributed by atoms with Gasteiger partial charge in [-0.3, -0.25) is 10.1 Å². The van der Waals surface area contributed by atoms with Gasteiger partial charge in [0.25, 0.3) is 0 Å². The lowest BCUT2D eigenvalue weighted by Gasteiger charge is -2.26. The van der Waals surface area contributed by atoms with E-state index in [2.05, 4.69) is 47.2 Å². The second-order valence-corrected chi connectivity index (χ2v) is 7.55. The van der Waals surface area contributed by atoms with Crippen molar-refractivity contribution in [1.29, 1.82) is 0 Å². The number of hydrogen-bond donors (Lipinski definition) is 1. The number of halogens is 1. The third kappa shape index (κ3) is 5.58. The Morgan fingerprint density at radius 3 is 2.00 bits per heavy atom. The first-order valence-electron chi connectivity index (χ1n) is 8.68. The zero-order valence-corrected chi connectivity index (χ0v) is 17.2.